The van der Waals surface area contributed by atoms with Gasteiger partial charge in [0.15, 0.2) is 6.61 Å². The van der Waals surface area contributed by atoms with E-state index in [4.69, 9.17) is 4.74 Å². The summed E-state index contributed by atoms with van der Waals surface area (Å²) in [4.78, 5) is 25.6. The van der Waals surface area contributed by atoms with E-state index >= 15 is 0 Å². The third-order valence-corrected chi connectivity index (χ3v) is 3.78. The van der Waals surface area contributed by atoms with Gasteiger partial charge in [0, 0.05) is 18.2 Å². The third kappa shape index (κ3) is 3.76. The Hall–Kier alpha value is -2.08. The SMILES string of the molecule is CC(C)C(CNC(=O)c1ccc2c(c1)OCC(=O)N2)N(C)C. The second-order valence-electron chi connectivity index (χ2n) is 6.03. The van der Waals surface area contributed by atoms with Crippen molar-refractivity contribution in [3.63, 3.8) is 0 Å². The summed E-state index contributed by atoms with van der Waals surface area (Å²) in [5.41, 5.74) is 1.12. The molecule has 0 saturated carbocycles. The first kappa shape index (κ1) is 16.3. The number of carbonyl (C=O) groups is 2. The zero-order valence-corrected chi connectivity index (χ0v) is 13.5. The number of nitrogens with one attached hydrogen (secondary N) is 2. The molecule has 0 radical (unpaired) electrons. The first-order valence-corrected chi connectivity index (χ1v) is 7.40. The molecule has 1 aromatic rings. The molecule has 0 aromatic heterocycles. The highest BCUT2D eigenvalue weighted by atomic mass is 16.5. The van der Waals surface area contributed by atoms with Gasteiger partial charge in [-0.1, -0.05) is 13.8 Å². The van der Waals surface area contributed by atoms with Crippen LogP contribution in [0.3, 0.4) is 0 Å². The minimum Gasteiger partial charge on any atom is -0.482 e. The molecule has 1 aromatic carbocycles. The Balaban J connectivity index is 2.03. The predicted octanol–water partition coefficient (Wildman–Crippen LogP) is 1.33. The topological polar surface area (TPSA) is 70.7 Å². The Kier molecular flexibility index (Phi) is 5.03. The maximum atomic E-state index is 12.3. The van der Waals surface area contributed by atoms with Gasteiger partial charge in [-0.05, 0) is 38.2 Å². The largest absolute Gasteiger partial charge is 0.482 e. The van der Waals surface area contributed by atoms with Crippen molar-refractivity contribution < 1.29 is 14.3 Å². The third-order valence-electron chi connectivity index (χ3n) is 3.78. The molecule has 2 amide bonds. The van der Waals surface area contributed by atoms with E-state index in [0.29, 0.717) is 29.5 Å². The van der Waals surface area contributed by atoms with Gasteiger partial charge in [0.05, 0.1) is 5.69 Å². The molecule has 0 bridgehead atoms. The molecule has 1 aliphatic rings. The highest BCUT2D eigenvalue weighted by Gasteiger charge is 2.20. The molecule has 2 N–H and O–H groups in total. The number of ether oxygens (including phenoxy) is 1. The van der Waals surface area contributed by atoms with Crippen LogP contribution < -0.4 is 15.4 Å². The number of amides is 2. The van der Waals surface area contributed by atoms with Crippen molar-refractivity contribution in [2.75, 3.05) is 32.6 Å². The average molecular weight is 305 g/mol. The summed E-state index contributed by atoms with van der Waals surface area (Å²) in [6.07, 6.45) is 0. The quantitative estimate of drug-likeness (QED) is 0.861. The minimum absolute atomic E-state index is 0.0197. The van der Waals surface area contributed by atoms with Gasteiger partial charge in [-0.3, -0.25) is 9.59 Å². The summed E-state index contributed by atoms with van der Waals surface area (Å²) >= 11 is 0. The summed E-state index contributed by atoms with van der Waals surface area (Å²) in [5, 5.41) is 5.66. The van der Waals surface area contributed by atoms with Gasteiger partial charge in [-0.15, -0.1) is 0 Å². The van der Waals surface area contributed by atoms with Crippen molar-refractivity contribution in [1.82, 2.24) is 10.2 Å². The molecular weight excluding hydrogens is 282 g/mol. The number of nitrogens with zero attached hydrogens (tertiary/aromatic N) is 1. The predicted molar refractivity (Wildman–Crippen MR) is 85.2 cm³/mol. The number of benzene rings is 1. The fourth-order valence-electron chi connectivity index (χ4n) is 2.53. The van der Waals surface area contributed by atoms with Gasteiger partial charge in [0.2, 0.25) is 0 Å². The monoisotopic (exact) mass is 305 g/mol. The fraction of sp³-hybridized carbons (Fsp3) is 0.500. The zero-order chi connectivity index (χ0) is 16.3. The molecule has 1 heterocycles. The number of carbonyl (C=O) groups excluding carboxylic acids is 2. The van der Waals surface area contributed by atoms with Gasteiger partial charge < -0.3 is 20.3 Å². The van der Waals surface area contributed by atoms with E-state index in [2.05, 4.69) is 29.4 Å². The number of fused-ring (bicyclic) bond motifs is 1. The molecule has 1 atom stereocenters. The van der Waals surface area contributed by atoms with E-state index < -0.39 is 0 Å². The lowest BCUT2D eigenvalue weighted by molar-refractivity contribution is -0.118. The van der Waals surface area contributed by atoms with Crippen LogP contribution in [0.15, 0.2) is 18.2 Å². The Labute approximate surface area is 130 Å². The Morgan fingerprint density at radius 3 is 2.77 bits per heavy atom. The lowest BCUT2D eigenvalue weighted by Crippen LogP contribution is -2.43. The Morgan fingerprint density at radius 1 is 1.41 bits per heavy atom. The zero-order valence-electron chi connectivity index (χ0n) is 13.5. The first-order chi connectivity index (χ1) is 10.4. The first-order valence-electron chi connectivity index (χ1n) is 7.40. The van der Waals surface area contributed by atoms with Crippen LogP contribution in [0, 0.1) is 5.92 Å². The van der Waals surface area contributed by atoms with Gasteiger partial charge in [-0.25, -0.2) is 0 Å². The van der Waals surface area contributed by atoms with Crippen LogP contribution in [-0.4, -0.2) is 50.0 Å². The molecule has 0 saturated heterocycles. The molecule has 6 nitrogen and oxygen atoms in total. The fourth-order valence-corrected chi connectivity index (χ4v) is 2.53. The molecule has 0 spiro atoms. The van der Waals surface area contributed by atoms with E-state index in [0.717, 1.165) is 0 Å². The van der Waals surface area contributed by atoms with Gasteiger partial charge in [0.25, 0.3) is 11.8 Å². The molecule has 1 aliphatic heterocycles. The van der Waals surface area contributed by atoms with Crippen molar-refractivity contribution >= 4 is 17.5 Å². The van der Waals surface area contributed by atoms with Crippen LogP contribution in [0.25, 0.3) is 0 Å². The van der Waals surface area contributed by atoms with E-state index in [1.54, 1.807) is 18.2 Å². The number of hydrogen-bond acceptors (Lipinski definition) is 4. The second-order valence-corrected chi connectivity index (χ2v) is 6.03. The van der Waals surface area contributed by atoms with Crippen molar-refractivity contribution in [2.24, 2.45) is 5.92 Å². The summed E-state index contributed by atoms with van der Waals surface area (Å²) in [6, 6.07) is 5.30. The number of hydrogen-bond donors (Lipinski definition) is 2. The van der Waals surface area contributed by atoms with Crippen LogP contribution in [0.5, 0.6) is 5.75 Å². The maximum Gasteiger partial charge on any atom is 0.262 e. The molecule has 120 valence electrons. The van der Waals surface area contributed by atoms with Crippen molar-refractivity contribution in [3.05, 3.63) is 23.8 Å². The lowest BCUT2D eigenvalue weighted by atomic mass is 10.0. The van der Waals surface area contributed by atoms with Crippen LogP contribution >= 0.6 is 0 Å². The average Bonchev–Trinajstić information content (AvgIpc) is 2.45. The Bertz CT molecular complexity index is 562. The number of rotatable bonds is 5. The van der Waals surface area contributed by atoms with E-state index in [1.807, 2.05) is 14.1 Å². The van der Waals surface area contributed by atoms with E-state index in [9.17, 15) is 9.59 Å². The van der Waals surface area contributed by atoms with Crippen LogP contribution in [0.4, 0.5) is 5.69 Å². The van der Waals surface area contributed by atoms with Crippen LogP contribution in [0.2, 0.25) is 0 Å². The second kappa shape index (κ2) is 6.79. The molecule has 22 heavy (non-hydrogen) atoms. The maximum absolute atomic E-state index is 12.3. The summed E-state index contributed by atoms with van der Waals surface area (Å²) < 4.78 is 5.33. The highest BCUT2D eigenvalue weighted by Crippen LogP contribution is 2.28. The summed E-state index contributed by atoms with van der Waals surface area (Å²) in [5.74, 6) is 0.643. The minimum atomic E-state index is -0.185. The number of anilines is 1. The van der Waals surface area contributed by atoms with Crippen LogP contribution in [0.1, 0.15) is 24.2 Å². The van der Waals surface area contributed by atoms with Gasteiger partial charge in [-0.2, -0.15) is 0 Å². The smallest absolute Gasteiger partial charge is 0.262 e. The van der Waals surface area contributed by atoms with E-state index in [-0.39, 0.29) is 24.5 Å². The van der Waals surface area contributed by atoms with Gasteiger partial charge in [0.1, 0.15) is 5.75 Å². The molecule has 0 fully saturated rings. The lowest BCUT2D eigenvalue weighted by Gasteiger charge is -2.28. The van der Waals surface area contributed by atoms with Crippen molar-refractivity contribution in [3.8, 4) is 5.75 Å². The number of likely N-dealkylation sites (N-methyl/N-ethyl adjacent to an activating group) is 1. The van der Waals surface area contributed by atoms with Crippen molar-refractivity contribution in [1.29, 1.82) is 0 Å². The molecule has 6 heteroatoms. The molecule has 2 rings (SSSR count). The van der Waals surface area contributed by atoms with Crippen LogP contribution in [-0.2, 0) is 4.79 Å². The normalized spacial score (nSPS) is 15.1. The standard InChI is InChI=1S/C16H23N3O3/c1-10(2)13(19(3)4)8-17-16(21)11-5-6-12-14(7-11)22-9-15(20)18-12/h5-7,10,13H,8-9H2,1-4H3,(H,17,21)(H,18,20). The Morgan fingerprint density at radius 2 is 2.14 bits per heavy atom. The summed E-state index contributed by atoms with van der Waals surface area (Å²) in [6.45, 7) is 4.82. The molecule has 1 unspecified atom stereocenters. The van der Waals surface area contributed by atoms with Gasteiger partial charge >= 0.3 is 0 Å². The van der Waals surface area contributed by atoms with Crippen molar-refractivity contribution in [2.45, 2.75) is 19.9 Å². The summed E-state index contributed by atoms with van der Waals surface area (Å²) in [7, 11) is 4.01. The highest BCUT2D eigenvalue weighted by molar-refractivity contribution is 5.98. The van der Waals surface area contributed by atoms with E-state index in [1.165, 1.54) is 0 Å². The molecule has 0 aliphatic carbocycles. The molecular formula is C16H23N3O3.